The first-order valence-electron chi connectivity index (χ1n) is 11.7. The lowest BCUT2D eigenvalue weighted by molar-refractivity contribution is -0.924. The number of rotatable bonds is 10. The van der Waals surface area contributed by atoms with Crippen LogP contribution in [-0.4, -0.2) is 42.5 Å². The number of ether oxygens (including phenoxy) is 2. The summed E-state index contributed by atoms with van der Waals surface area (Å²) >= 11 is 0. The lowest BCUT2D eigenvalue weighted by atomic mass is 10.1. The van der Waals surface area contributed by atoms with Crippen LogP contribution in [0.1, 0.15) is 39.2 Å². The number of unbranched alkanes of at least 4 members (excludes halogenated alkanes) is 1. The van der Waals surface area contributed by atoms with E-state index in [1.54, 1.807) is 4.90 Å². The molecule has 1 aromatic heterocycles. The van der Waals surface area contributed by atoms with Crippen LogP contribution in [0.2, 0.25) is 0 Å². The van der Waals surface area contributed by atoms with Gasteiger partial charge in [0.15, 0.2) is 24.8 Å². The number of hydrogen-bond acceptors (Lipinski definition) is 4. The quantitative estimate of drug-likeness (QED) is 0.542. The fraction of sp³-hybridized carbons (Fsp3) is 0.480. The van der Waals surface area contributed by atoms with E-state index in [1.165, 1.54) is 23.9 Å². The maximum atomic E-state index is 5.82. The van der Waals surface area contributed by atoms with E-state index >= 15 is 0 Å². The number of anilines is 1. The standard InChI is InChI=1S/C25H34N4O2/c1-4-7-15-28-18-27(19-29-22-11-9-8-10-21(22)26-25(28)29)16-14-20-12-13-23(30-5-2)24(17-20)31-6-3/h8-13,17H,4-7,14-16,18-19H2,1-3H3/p+1. The largest absolute Gasteiger partial charge is 0.490 e. The topological polar surface area (TPSA) is 44.0 Å². The van der Waals surface area contributed by atoms with E-state index in [0.717, 1.165) is 55.8 Å². The Morgan fingerprint density at radius 1 is 0.968 bits per heavy atom. The molecule has 0 bridgehead atoms. The summed E-state index contributed by atoms with van der Waals surface area (Å²) in [6.07, 6.45) is 3.39. The molecule has 0 saturated carbocycles. The fourth-order valence-electron chi connectivity index (χ4n) is 4.33. The highest BCUT2D eigenvalue weighted by atomic mass is 16.5. The van der Waals surface area contributed by atoms with Gasteiger partial charge >= 0.3 is 0 Å². The minimum atomic E-state index is 0.643. The third-order valence-corrected chi connectivity index (χ3v) is 5.87. The number of quaternary nitrogens is 1. The summed E-state index contributed by atoms with van der Waals surface area (Å²) in [5.41, 5.74) is 3.62. The second kappa shape index (κ2) is 10.1. The van der Waals surface area contributed by atoms with E-state index < -0.39 is 0 Å². The number of nitrogens with one attached hydrogen (secondary N) is 1. The summed E-state index contributed by atoms with van der Waals surface area (Å²) in [6, 6.07) is 14.8. The van der Waals surface area contributed by atoms with Gasteiger partial charge < -0.3 is 14.4 Å². The molecule has 31 heavy (non-hydrogen) atoms. The molecule has 1 aliphatic rings. The summed E-state index contributed by atoms with van der Waals surface area (Å²) in [5, 5.41) is 0. The summed E-state index contributed by atoms with van der Waals surface area (Å²) in [5.74, 6) is 2.81. The summed E-state index contributed by atoms with van der Waals surface area (Å²) in [7, 11) is 0. The first kappa shape index (κ1) is 21.5. The van der Waals surface area contributed by atoms with Gasteiger partial charge in [-0.05, 0) is 50.1 Å². The molecule has 3 aromatic rings. The van der Waals surface area contributed by atoms with Gasteiger partial charge in [0.05, 0.1) is 30.8 Å². The molecule has 2 heterocycles. The number of hydrogen-bond donors (Lipinski definition) is 1. The Morgan fingerprint density at radius 3 is 2.58 bits per heavy atom. The van der Waals surface area contributed by atoms with Gasteiger partial charge in [-0.1, -0.05) is 31.5 Å². The van der Waals surface area contributed by atoms with Gasteiger partial charge in [0.1, 0.15) is 0 Å². The van der Waals surface area contributed by atoms with Crippen molar-refractivity contribution in [2.45, 2.75) is 46.7 Å². The molecule has 1 unspecified atom stereocenters. The molecule has 6 nitrogen and oxygen atoms in total. The van der Waals surface area contributed by atoms with Crippen molar-refractivity contribution in [3.8, 4) is 11.5 Å². The molecule has 0 spiro atoms. The molecule has 0 aliphatic carbocycles. The third-order valence-electron chi connectivity index (χ3n) is 5.87. The Bertz CT molecular complexity index is 1000. The molecule has 4 rings (SSSR count). The highest BCUT2D eigenvalue weighted by molar-refractivity contribution is 5.78. The Hall–Kier alpha value is -2.73. The molecular weight excluding hydrogens is 388 g/mol. The van der Waals surface area contributed by atoms with Gasteiger partial charge in [-0.15, -0.1) is 0 Å². The van der Waals surface area contributed by atoms with Crippen LogP contribution in [0.4, 0.5) is 5.95 Å². The Kier molecular flexibility index (Phi) is 6.97. The molecule has 166 valence electrons. The van der Waals surface area contributed by atoms with Crippen LogP contribution in [0.3, 0.4) is 0 Å². The predicted molar refractivity (Wildman–Crippen MR) is 125 cm³/mol. The number of imidazole rings is 1. The van der Waals surface area contributed by atoms with E-state index in [4.69, 9.17) is 14.5 Å². The van der Waals surface area contributed by atoms with Crippen LogP contribution in [0, 0.1) is 0 Å². The molecule has 1 aliphatic heterocycles. The lowest BCUT2D eigenvalue weighted by Crippen LogP contribution is -3.14. The first-order valence-corrected chi connectivity index (χ1v) is 11.7. The molecule has 2 aromatic carbocycles. The monoisotopic (exact) mass is 423 g/mol. The minimum Gasteiger partial charge on any atom is -0.490 e. The maximum absolute atomic E-state index is 5.82. The van der Waals surface area contributed by atoms with Crippen molar-refractivity contribution in [2.75, 3.05) is 37.9 Å². The molecule has 1 atom stereocenters. The second-order valence-electron chi connectivity index (χ2n) is 8.16. The average molecular weight is 424 g/mol. The Labute approximate surface area is 185 Å². The van der Waals surface area contributed by atoms with Gasteiger partial charge in [-0.3, -0.25) is 9.47 Å². The van der Waals surface area contributed by atoms with Crippen LogP contribution in [-0.2, 0) is 13.1 Å². The SMILES string of the molecule is CCCCN1C[NH+](CCc2ccc(OCC)c(OCC)c2)Cn2c1nc1ccccc12. The zero-order chi connectivity index (χ0) is 21.6. The van der Waals surface area contributed by atoms with Gasteiger partial charge in [-0.2, -0.15) is 0 Å². The number of fused-ring (bicyclic) bond motifs is 3. The second-order valence-corrected chi connectivity index (χ2v) is 8.16. The smallest absolute Gasteiger partial charge is 0.215 e. The number of aromatic nitrogens is 2. The van der Waals surface area contributed by atoms with E-state index in [-0.39, 0.29) is 0 Å². The molecule has 0 saturated heterocycles. The van der Waals surface area contributed by atoms with Gasteiger partial charge in [0.2, 0.25) is 5.95 Å². The van der Waals surface area contributed by atoms with Crippen molar-refractivity contribution < 1.29 is 14.4 Å². The van der Waals surface area contributed by atoms with Crippen LogP contribution in [0.25, 0.3) is 11.0 Å². The van der Waals surface area contributed by atoms with Gasteiger partial charge in [0, 0.05) is 13.0 Å². The molecule has 0 radical (unpaired) electrons. The summed E-state index contributed by atoms with van der Waals surface area (Å²) in [4.78, 5) is 8.96. The first-order chi connectivity index (χ1) is 15.2. The van der Waals surface area contributed by atoms with E-state index in [2.05, 4.69) is 52.8 Å². The Morgan fingerprint density at radius 2 is 1.77 bits per heavy atom. The van der Waals surface area contributed by atoms with Crippen LogP contribution >= 0.6 is 0 Å². The normalized spacial score (nSPS) is 15.8. The molecule has 0 amide bonds. The van der Waals surface area contributed by atoms with Crippen molar-refractivity contribution in [3.05, 3.63) is 48.0 Å². The summed E-state index contributed by atoms with van der Waals surface area (Å²) in [6.45, 7) is 11.6. The van der Waals surface area contributed by atoms with Crippen molar-refractivity contribution in [2.24, 2.45) is 0 Å². The van der Waals surface area contributed by atoms with Crippen molar-refractivity contribution in [1.82, 2.24) is 9.55 Å². The van der Waals surface area contributed by atoms with E-state index in [9.17, 15) is 0 Å². The van der Waals surface area contributed by atoms with Gasteiger partial charge in [0.25, 0.3) is 0 Å². The minimum absolute atomic E-state index is 0.643. The predicted octanol–water partition coefficient (Wildman–Crippen LogP) is 3.50. The van der Waals surface area contributed by atoms with Gasteiger partial charge in [-0.25, -0.2) is 4.98 Å². The highest BCUT2D eigenvalue weighted by Crippen LogP contribution is 2.28. The Balaban J connectivity index is 1.51. The molecule has 0 fully saturated rings. The molecule has 6 heteroatoms. The molecule has 1 N–H and O–H groups in total. The lowest BCUT2D eigenvalue weighted by Gasteiger charge is -2.34. The third kappa shape index (κ3) is 4.79. The highest BCUT2D eigenvalue weighted by Gasteiger charge is 2.28. The van der Waals surface area contributed by atoms with E-state index in [0.29, 0.717) is 13.2 Å². The van der Waals surface area contributed by atoms with Crippen LogP contribution < -0.4 is 19.3 Å². The van der Waals surface area contributed by atoms with Crippen LogP contribution in [0.15, 0.2) is 42.5 Å². The van der Waals surface area contributed by atoms with E-state index in [1.807, 2.05) is 19.9 Å². The fourth-order valence-corrected chi connectivity index (χ4v) is 4.33. The summed E-state index contributed by atoms with van der Waals surface area (Å²) < 4.78 is 13.9. The number of para-hydroxylation sites is 2. The maximum Gasteiger partial charge on any atom is 0.215 e. The number of benzene rings is 2. The zero-order valence-corrected chi connectivity index (χ0v) is 19.1. The van der Waals surface area contributed by atoms with Crippen molar-refractivity contribution in [1.29, 1.82) is 0 Å². The average Bonchev–Trinajstić information content (AvgIpc) is 3.17. The number of nitrogens with zero attached hydrogens (tertiary/aromatic N) is 3. The van der Waals surface area contributed by atoms with Crippen molar-refractivity contribution >= 4 is 17.0 Å². The molecular formula is C25H35N4O2+. The van der Waals surface area contributed by atoms with Crippen LogP contribution in [0.5, 0.6) is 11.5 Å². The van der Waals surface area contributed by atoms with Crippen molar-refractivity contribution in [3.63, 3.8) is 0 Å². The zero-order valence-electron chi connectivity index (χ0n) is 19.1.